The zero-order valence-corrected chi connectivity index (χ0v) is 17.3. The Hall–Kier alpha value is -2.30. The summed E-state index contributed by atoms with van der Waals surface area (Å²) in [5.74, 6) is 1.88. The zero-order chi connectivity index (χ0) is 19.5. The van der Waals surface area contributed by atoms with Gasteiger partial charge in [-0.2, -0.15) is 0 Å². The van der Waals surface area contributed by atoms with Crippen molar-refractivity contribution in [3.8, 4) is 17.2 Å². The molecule has 0 atom stereocenters. The van der Waals surface area contributed by atoms with Gasteiger partial charge in [0, 0.05) is 34.6 Å². The molecule has 1 aromatic carbocycles. The second-order valence-corrected chi connectivity index (χ2v) is 7.45. The predicted molar refractivity (Wildman–Crippen MR) is 107 cm³/mol. The average Bonchev–Trinajstić information content (AvgIpc) is 2.94. The Morgan fingerprint density at radius 3 is 1.96 bits per heavy atom. The molecule has 0 unspecified atom stereocenters. The number of hydrogen-bond donors (Lipinski definition) is 2. The van der Waals surface area contributed by atoms with Crippen LogP contribution in [0.25, 0.3) is 0 Å². The number of rotatable bonds is 7. The highest BCUT2D eigenvalue weighted by atomic mass is 16.5. The van der Waals surface area contributed by atoms with Crippen LogP contribution in [-0.4, -0.2) is 26.3 Å². The van der Waals surface area contributed by atoms with E-state index in [1.165, 1.54) is 22.5 Å². The number of H-pyrrole nitrogens is 1. The molecule has 0 aliphatic rings. The summed E-state index contributed by atoms with van der Waals surface area (Å²) < 4.78 is 16.2. The van der Waals surface area contributed by atoms with Crippen LogP contribution in [0, 0.1) is 6.92 Å². The van der Waals surface area contributed by atoms with Gasteiger partial charge in [-0.25, -0.2) is 0 Å². The Bertz CT molecular complexity index is 732. The van der Waals surface area contributed by atoms with E-state index < -0.39 is 0 Å². The fourth-order valence-electron chi connectivity index (χ4n) is 3.32. The van der Waals surface area contributed by atoms with E-state index in [1.807, 2.05) is 12.1 Å². The third-order valence-electron chi connectivity index (χ3n) is 4.72. The lowest BCUT2D eigenvalue weighted by Gasteiger charge is -2.19. The molecule has 1 aromatic heterocycles. The van der Waals surface area contributed by atoms with Gasteiger partial charge >= 0.3 is 0 Å². The molecule has 0 radical (unpaired) electrons. The number of benzene rings is 1. The first-order valence-electron chi connectivity index (χ1n) is 9.01. The van der Waals surface area contributed by atoms with Crippen LogP contribution in [0.4, 0.5) is 5.69 Å². The molecular formula is C21H32N2O3. The molecule has 2 aromatic rings. The van der Waals surface area contributed by atoms with Crippen LogP contribution in [0.3, 0.4) is 0 Å². The third kappa shape index (κ3) is 3.92. The normalized spacial score (nSPS) is 11.4. The molecule has 0 aliphatic heterocycles. The van der Waals surface area contributed by atoms with Gasteiger partial charge in [-0.15, -0.1) is 0 Å². The topological polar surface area (TPSA) is 55.5 Å². The fourth-order valence-corrected chi connectivity index (χ4v) is 3.32. The first-order valence-corrected chi connectivity index (χ1v) is 9.01. The highest BCUT2D eigenvalue weighted by Crippen LogP contribution is 2.40. The van der Waals surface area contributed by atoms with Crippen LogP contribution < -0.4 is 19.5 Å². The highest BCUT2D eigenvalue weighted by molar-refractivity contribution is 5.62. The minimum atomic E-state index is 0.0981. The summed E-state index contributed by atoms with van der Waals surface area (Å²) in [6, 6.07) is 3.84. The van der Waals surface area contributed by atoms with Gasteiger partial charge in [-0.3, -0.25) is 0 Å². The molecule has 5 heteroatoms. The first-order chi connectivity index (χ1) is 12.3. The van der Waals surface area contributed by atoms with Crippen LogP contribution in [0.5, 0.6) is 17.2 Å². The van der Waals surface area contributed by atoms with Crippen LogP contribution in [-0.2, 0) is 18.4 Å². The molecule has 0 saturated heterocycles. The Morgan fingerprint density at radius 2 is 1.58 bits per heavy atom. The lowest BCUT2D eigenvalue weighted by molar-refractivity contribution is 0.324. The number of aromatic amines is 1. The average molecular weight is 360 g/mol. The molecule has 5 nitrogen and oxygen atoms in total. The Balaban J connectivity index is 2.31. The quantitative estimate of drug-likeness (QED) is 0.743. The van der Waals surface area contributed by atoms with Gasteiger partial charge in [0.2, 0.25) is 5.75 Å². The molecule has 0 fully saturated rings. The van der Waals surface area contributed by atoms with Crippen molar-refractivity contribution >= 4 is 5.69 Å². The Labute approximate surface area is 157 Å². The SMILES string of the molecule is CCc1c(C(C)(C)C)[nH]c(CNc2cc(OC)c(OC)c(OC)c2)c1C. The van der Waals surface area contributed by atoms with Gasteiger partial charge in [0.25, 0.3) is 0 Å². The van der Waals surface area contributed by atoms with E-state index in [4.69, 9.17) is 14.2 Å². The van der Waals surface area contributed by atoms with Crippen LogP contribution in [0.2, 0.25) is 0 Å². The van der Waals surface area contributed by atoms with Crippen molar-refractivity contribution in [3.05, 3.63) is 34.6 Å². The number of methoxy groups -OCH3 is 3. The summed E-state index contributed by atoms with van der Waals surface area (Å²) in [5, 5.41) is 3.47. The number of nitrogens with one attached hydrogen (secondary N) is 2. The summed E-state index contributed by atoms with van der Waals surface area (Å²) in [4.78, 5) is 3.64. The van der Waals surface area contributed by atoms with E-state index in [0.29, 0.717) is 23.8 Å². The summed E-state index contributed by atoms with van der Waals surface area (Å²) in [6.45, 7) is 11.8. The van der Waals surface area contributed by atoms with E-state index in [0.717, 1.165) is 12.1 Å². The summed E-state index contributed by atoms with van der Waals surface area (Å²) in [7, 11) is 4.86. The lowest BCUT2D eigenvalue weighted by Crippen LogP contribution is -2.14. The number of aromatic nitrogens is 1. The molecule has 0 saturated carbocycles. The predicted octanol–water partition coefficient (Wildman–Crippen LogP) is 4.82. The van der Waals surface area contributed by atoms with Gasteiger partial charge in [0.05, 0.1) is 27.9 Å². The van der Waals surface area contributed by atoms with Crippen molar-refractivity contribution in [2.75, 3.05) is 26.6 Å². The summed E-state index contributed by atoms with van der Waals surface area (Å²) in [6.07, 6.45) is 1.03. The van der Waals surface area contributed by atoms with Crippen molar-refractivity contribution in [1.82, 2.24) is 4.98 Å². The standard InChI is InChI=1S/C21H32N2O3/c1-9-15-13(2)16(23-20(15)21(3,4)5)12-22-14-10-17(24-6)19(26-8)18(11-14)25-7/h10-11,22-23H,9,12H2,1-8H3. The molecule has 0 amide bonds. The van der Waals surface area contributed by atoms with Crippen molar-refractivity contribution in [2.45, 2.75) is 53.0 Å². The molecule has 26 heavy (non-hydrogen) atoms. The fraction of sp³-hybridized carbons (Fsp3) is 0.524. The Kier molecular flexibility index (Phi) is 6.11. The lowest BCUT2D eigenvalue weighted by atomic mass is 9.88. The van der Waals surface area contributed by atoms with Crippen molar-refractivity contribution in [1.29, 1.82) is 0 Å². The van der Waals surface area contributed by atoms with Crippen LogP contribution in [0.15, 0.2) is 12.1 Å². The van der Waals surface area contributed by atoms with Gasteiger partial charge in [-0.05, 0) is 24.5 Å². The zero-order valence-electron chi connectivity index (χ0n) is 17.3. The molecule has 144 valence electrons. The van der Waals surface area contributed by atoms with E-state index in [1.54, 1.807) is 21.3 Å². The molecule has 0 aliphatic carbocycles. The van der Waals surface area contributed by atoms with Gasteiger partial charge in [-0.1, -0.05) is 27.7 Å². The van der Waals surface area contributed by atoms with Crippen LogP contribution in [0.1, 0.15) is 50.2 Å². The van der Waals surface area contributed by atoms with E-state index >= 15 is 0 Å². The molecular weight excluding hydrogens is 328 g/mol. The molecule has 2 N–H and O–H groups in total. The largest absolute Gasteiger partial charge is 0.493 e. The molecule has 2 rings (SSSR count). The summed E-state index contributed by atoms with van der Waals surface area (Å²) in [5.41, 5.74) is 6.29. The number of hydrogen-bond acceptors (Lipinski definition) is 4. The number of anilines is 1. The maximum absolute atomic E-state index is 5.43. The Morgan fingerprint density at radius 1 is 1.00 bits per heavy atom. The van der Waals surface area contributed by atoms with Gasteiger partial charge < -0.3 is 24.5 Å². The number of ether oxygens (including phenoxy) is 3. The highest BCUT2D eigenvalue weighted by Gasteiger charge is 2.23. The van der Waals surface area contributed by atoms with Crippen molar-refractivity contribution in [3.63, 3.8) is 0 Å². The molecule has 1 heterocycles. The molecule has 0 bridgehead atoms. The second-order valence-electron chi connectivity index (χ2n) is 7.45. The second kappa shape index (κ2) is 7.94. The first kappa shape index (κ1) is 20.0. The van der Waals surface area contributed by atoms with E-state index in [9.17, 15) is 0 Å². The summed E-state index contributed by atoms with van der Waals surface area (Å²) >= 11 is 0. The molecule has 0 spiro atoms. The minimum absolute atomic E-state index is 0.0981. The smallest absolute Gasteiger partial charge is 0.203 e. The van der Waals surface area contributed by atoms with E-state index in [2.05, 4.69) is 44.9 Å². The van der Waals surface area contributed by atoms with E-state index in [-0.39, 0.29) is 5.41 Å². The maximum atomic E-state index is 5.43. The maximum Gasteiger partial charge on any atom is 0.203 e. The van der Waals surface area contributed by atoms with Crippen molar-refractivity contribution in [2.24, 2.45) is 0 Å². The van der Waals surface area contributed by atoms with Gasteiger partial charge in [0.15, 0.2) is 11.5 Å². The monoisotopic (exact) mass is 360 g/mol. The minimum Gasteiger partial charge on any atom is -0.493 e. The van der Waals surface area contributed by atoms with Crippen LogP contribution >= 0.6 is 0 Å². The van der Waals surface area contributed by atoms with Crippen molar-refractivity contribution < 1.29 is 14.2 Å². The third-order valence-corrected chi connectivity index (χ3v) is 4.72. The van der Waals surface area contributed by atoms with Gasteiger partial charge in [0.1, 0.15) is 0 Å².